The van der Waals surface area contributed by atoms with Gasteiger partial charge in [-0.1, -0.05) is 13.8 Å². The van der Waals surface area contributed by atoms with Crippen molar-refractivity contribution >= 4 is 6.28 Å². The average molecular weight is 114 g/mol. The maximum Gasteiger partial charge on any atom is 0.0506 e. The highest BCUT2D eigenvalue weighted by molar-refractivity contribution is 6.73. The van der Waals surface area contributed by atoms with Crippen LogP contribution in [0.25, 0.3) is 0 Å². The van der Waals surface area contributed by atoms with E-state index in [9.17, 15) is 0 Å². The minimum Gasteiger partial charge on any atom is -0.487 e. The van der Waals surface area contributed by atoms with Gasteiger partial charge in [-0.05, 0) is 6.04 Å². The molecule has 0 radical (unpaired) electrons. The Morgan fingerprint density at radius 3 is 1.50 bits per heavy atom. The summed E-state index contributed by atoms with van der Waals surface area (Å²) in [5.41, 5.74) is 0. The molecule has 0 amide bonds. The molecule has 0 aromatic rings. The van der Waals surface area contributed by atoms with Crippen molar-refractivity contribution in [2.24, 2.45) is 0 Å². The van der Waals surface area contributed by atoms with Gasteiger partial charge in [0.15, 0.2) is 0 Å². The molecule has 0 aromatic heterocycles. The quantitative estimate of drug-likeness (QED) is 0.540. The molecule has 0 rings (SSSR count). The Kier molecular flexibility index (Phi) is 2.55. The highest BCUT2D eigenvalue weighted by Gasteiger charge is 2.03. The van der Waals surface area contributed by atoms with Crippen LogP contribution in [-0.2, 0) is 0 Å². The largest absolute Gasteiger partial charge is 0.487 e. The number of nitrogens with one attached hydrogen (secondary N) is 1. The van der Waals surface area contributed by atoms with Crippen molar-refractivity contribution in [1.82, 2.24) is 5.23 Å². The maximum atomic E-state index is 3.44. The van der Waals surface area contributed by atoms with Gasteiger partial charge in [0.1, 0.15) is 0 Å². The molecule has 0 saturated heterocycles. The summed E-state index contributed by atoms with van der Waals surface area (Å²) in [6.07, 6.45) is -0.287. The van der Waals surface area contributed by atoms with Crippen LogP contribution >= 0.6 is 0 Å². The molecule has 50 valence electrons. The van der Waals surface area contributed by atoms with Gasteiger partial charge in [0, 0.05) is 0 Å². The van der Waals surface area contributed by atoms with Crippen LogP contribution in [0.2, 0.25) is 20.5 Å². The summed E-state index contributed by atoms with van der Waals surface area (Å²) in [5.74, 6) is 0. The summed E-state index contributed by atoms with van der Waals surface area (Å²) in [6, 6.07) is 0.620. The van der Waals surface area contributed by atoms with Gasteiger partial charge >= 0.3 is 0 Å². The van der Waals surface area contributed by atoms with E-state index in [1.807, 2.05) is 0 Å². The molecule has 0 aromatic carbocycles. The van der Waals surface area contributed by atoms with Gasteiger partial charge in [0.05, 0.1) is 6.28 Å². The smallest absolute Gasteiger partial charge is 0.0506 e. The van der Waals surface area contributed by atoms with Crippen LogP contribution in [0.1, 0.15) is 13.8 Å². The van der Waals surface area contributed by atoms with Crippen molar-refractivity contribution in [2.45, 2.75) is 40.4 Å². The fourth-order valence-corrected chi connectivity index (χ4v) is 1.00. The molecule has 0 fully saturated rings. The van der Waals surface area contributed by atoms with Crippen molar-refractivity contribution in [1.29, 1.82) is 0 Å². The number of rotatable bonds is 2. The lowest BCUT2D eigenvalue weighted by atomic mass is 9.41. The molecule has 2 heteroatoms. The molecule has 1 N–H and O–H groups in total. The molecular formula is C6H17BN-. The van der Waals surface area contributed by atoms with Crippen LogP contribution < -0.4 is 5.23 Å². The predicted molar refractivity (Wildman–Crippen MR) is 41.6 cm³/mol. The first-order chi connectivity index (χ1) is 3.42. The molecule has 0 aliphatic heterocycles. The second-order valence-corrected chi connectivity index (χ2v) is 3.92. The van der Waals surface area contributed by atoms with Gasteiger partial charge < -0.3 is 5.23 Å². The van der Waals surface area contributed by atoms with Crippen molar-refractivity contribution in [3.8, 4) is 0 Å². The van der Waals surface area contributed by atoms with Gasteiger partial charge in [-0.25, -0.2) is 0 Å². The molecule has 1 nitrogen and oxygen atoms in total. The molecule has 0 aliphatic rings. The Labute approximate surface area is 52.8 Å². The standard InChI is InChI=1S/C6H17BN/c1-6(2)8-7(3,4)5/h6,8H,1-5H3/q-1. The Morgan fingerprint density at radius 2 is 1.50 bits per heavy atom. The predicted octanol–water partition coefficient (Wildman–Crippen LogP) is 1.82. The third kappa shape index (κ3) is 6.02. The van der Waals surface area contributed by atoms with E-state index in [1.165, 1.54) is 0 Å². The summed E-state index contributed by atoms with van der Waals surface area (Å²) in [6.45, 7) is 11.1. The van der Waals surface area contributed by atoms with Crippen LogP contribution in [0.3, 0.4) is 0 Å². The Balaban J connectivity index is 3.39. The lowest BCUT2D eigenvalue weighted by Crippen LogP contribution is -2.45. The zero-order valence-corrected chi connectivity index (χ0v) is 6.65. The van der Waals surface area contributed by atoms with Crippen molar-refractivity contribution < 1.29 is 0 Å². The zero-order valence-electron chi connectivity index (χ0n) is 6.65. The van der Waals surface area contributed by atoms with Crippen molar-refractivity contribution in [2.75, 3.05) is 0 Å². The lowest BCUT2D eigenvalue weighted by Gasteiger charge is -2.29. The molecular weight excluding hydrogens is 96.9 g/mol. The molecule has 0 heterocycles. The van der Waals surface area contributed by atoms with Gasteiger partial charge in [-0.3, -0.25) is 0 Å². The van der Waals surface area contributed by atoms with Crippen LogP contribution in [0.5, 0.6) is 0 Å². The molecule has 0 spiro atoms. The van der Waals surface area contributed by atoms with Crippen LogP contribution in [0, 0.1) is 0 Å². The third-order valence-corrected chi connectivity index (χ3v) is 0.833. The molecule has 0 aliphatic carbocycles. The zero-order chi connectivity index (χ0) is 6.78. The molecule has 0 unspecified atom stereocenters. The number of hydrogen-bond donors (Lipinski definition) is 1. The first-order valence-corrected chi connectivity index (χ1v) is 3.46. The highest BCUT2D eigenvalue weighted by Crippen LogP contribution is 1.95. The minimum absolute atomic E-state index is 0.287. The van der Waals surface area contributed by atoms with E-state index in [2.05, 4.69) is 39.5 Å². The van der Waals surface area contributed by atoms with E-state index in [0.717, 1.165) is 0 Å². The summed E-state index contributed by atoms with van der Waals surface area (Å²) >= 11 is 0. The Morgan fingerprint density at radius 1 is 1.12 bits per heavy atom. The Bertz CT molecular complexity index is 63.4. The van der Waals surface area contributed by atoms with E-state index in [1.54, 1.807) is 0 Å². The average Bonchev–Trinajstić information content (AvgIpc) is 1.21. The third-order valence-electron chi connectivity index (χ3n) is 0.833. The topological polar surface area (TPSA) is 12.0 Å². The highest BCUT2D eigenvalue weighted by atomic mass is 14.8. The van der Waals surface area contributed by atoms with Gasteiger partial charge in [0.2, 0.25) is 0 Å². The Hall–Kier alpha value is 0.0249. The van der Waals surface area contributed by atoms with Crippen LogP contribution in [0.4, 0.5) is 0 Å². The molecule has 0 bridgehead atoms. The van der Waals surface area contributed by atoms with Crippen molar-refractivity contribution in [3.63, 3.8) is 0 Å². The summed E-state index contributed by atoms with van der Waals surface area (Å²) in [7, 11) is 0. The van der Waals surface area contributed by atoms with Crippen molar-refractivity contribution in [3.05, 3.63) is 0 Å². The fraction of sp³-hybridized carbons (Fsp3) is 1.00. The van der Waals surface area contributed by atoms with Gasteiger partial charge in [-0.15, -0.1) is 0 Å². The van der Waals surface area contributed by atoms with E-state index >= 15 is 0 Å². The summed E-state index contributed by atoms with van der Waals surface area (Å²) < 4.78 is 0. The van der Waals surface area contributed by atoms with E-state index in [-0.39, 0.29) is 6.28 Å². The lowest BCUT2D eigenvalue weighted by molar-refractivity contribution is 0.735. The second kappa shape index (κ2) is 2.54. The molecule has 0 atom stereocenters. The number of hydrogen-bond acceptors (Lipinski definition) is 1. The summed E-state index contributed by atoms with van der Waals surface area (Å²) in [5, 5.41) is 3.44. The van der Waals surface area contributed by atoms with Gasteiger partial charge in [0.25, 0.3) is 0 Å². The van der Waals surface area contributed by atoms with Crippen LogP contribution in [-0.4, -0.2) is 12.3 Å². The normalized spacial score (nSPS) is 12.8. The monoisotopic (exact) mass is 114 g/mol. The van der Waals surface area contributed by atoms with Crippen LogP contribution in [0.15, 0.2) is 0 Å². The van der Waals surface area contributed by atoms with E-state index in [0.29, 0.717) is 6.04 Å². The van der Waals surface area contributed by atoms with E-state index in [4.69, 9.17) is 0 Å². The maximum absolute atomic E-state index is 3.44. The molecule has 0 saturated carbocycles. The summed E-state index contributed by atoms with van der Waals surface area (Å²) in [4.78, 5) is 0. The fourth-order valence-electron chi connectivity index (χ4n) is 1.00. The second-order valence-electron chi connectivity index (χ2n) is 3.92. The first-order valence-electron chi connectivity index (χ1n) is 3.46. The van der Waals surface area contributed by atoms with Gasteiger partial charge in [-0.2, -0.15) is 20.5 Å². The minimum atomic E-state index is -0.287. The SMILES string of the molecule is CC(C)N[B-](C)(C)C. The van der Waals surface area contributed by atoms with E-state index < -0.39 is 0 Å². The first kappa shape index (κ1) is 8.02. The molecule has 8 heavy (non-hydrogen) atoms.